The van der Waals surface area contributed by atoms with E-state index in [1.54, 1.807) is 0 Å². The summed E-state index contributed by atoms with van der Waals surface area (Å²) in [5.74, 6) is 0.977. The fourth-order valence-electron chi connectivity index (χ4n) is 3.49. The second kappa shape index (κ2) is 6.05. The van der Waals surface area contributed by atoms with Gasteiger partial charge in [0.25, 0.3) is 0 Å². The Bertz CT molecular complexity index is 275. The Labute approximate surface area is 111 Å². The number of nitrogens with two attached hydrogens (primary N) is 1. The Balaban J connectivity index is 1.77. The zero-order chi connectivity index (χ0) is 13.0. The maximum Gasteiger partial charge on any atom is 0.222 e. The van der Waals surface area contributed by atoms with Crippen molar-refractivity contribution >= 4 is 5.91 Å². The van der Waals surface area contributed by atoms with Gasteiger partial charge in [0, 0.05) is 25.4 Å². The summed E-state index contributed by atoms with van der Waals surface area (Å²) >= 11 is 0. The third kappa shape index (κ3) is 3.25. The zero-order valence-corrected chi connectivity index (χ0v) is 11.8. The quantitative estimate of drug-likeness (QED) is 0.817. The molecule has 1 amide bonds. The molecule has 0 atom stereocenters. The van der Waals surface area contributed by atoms with Gasteiger partial charge in [0.1, 0.15) is 0 Å². The van der Waals surface area contributed by atoms with Crippen molar-refractivity contribution in [2.45, 2.75) is 57.8 Å². The molecule has 0 aromatic carbocycles. The van der Waals surface area contributed by atoms with Crippen molar-refractivity contribution < 1.29 is 4.79 Å². The SMILES string of the molecule is CN(CC1(CN)CCC1)C(=O)CC1CCCCC1. The van der Waals surface area contributed by atoms with Crippen LogP contribution in [0.4, 0.5) is 0 Å². The molecule has 0 spiro atoms. The van der Waals surface area contributed by atoms with Gasteiger partial charge in [-0.3, -0.25) is 4.79 Å². The number of amides is 1. The minimum Gasteiger partial charge on any atom is -0.345 e. The molecule has 2 saturated carbocycles. The Morgan fingerprint density at radius 1 is 1.22 bits per heavy atom. The largest absolute Gasteiger partial charge is 0.345 e. The molecule has 0 bridgehead atoms. The Morgan fingerprint density at radius 3 is 2.39 bits per heavy atom. The number of nitrogens with zero attached hydrogens (tertiary/aromatic N) is 1. The van der Waals surface area contributed by atoms with Crippen LogP contribution in [0.15, 0.2) is 0 Å². The third-order valence-electron chi connectivity index (χ3n) is 5.03. The highest BCUT2D eigenvalue weighted by atomic mass is 16.2. The fourth-order valence-corrected chi connectivity index (χ4v) is 3.49. The van der Waals surface area contributed by atoms with Gasteiger partial charge in [0.15, 0.2) is 0 Å². The average Bonchev–Trinajstić information content (AvgIpc) is 2.34. The summed E-state index contributed by atoms with van der Waals surface area (Å²) in [6.45, 7) is 1.60. The molecule has 3 nitrogen and oxygen atoms in total. The van der Waals surface area contributed by atoms with Crippen LogP contribution in [0.1, 0.15) is 57.8 Å². The molecule has 2 aliphatic rings. The highest BCUT2D eigenvalue weighted by molar-refractivity contribution is 5.76. The smallest absolute Gasteiger partial charge is 0.222 e. The zero-order valence-electron chi connectivity index (χ0n) is 11.8. The first-order valence-electron chi connectivity index (χ1n) is 7.59. The molecule has 0 radical (unpaired) electrons. The van der Waals surface area contributed by atoms with E-state index in [4.69, 9.17) is 5.73 Å². The van der Waals surface area contributed by atoms with Crippen molar-refractivity contribution in [2.24, 2.45) is 17.1 Å². The Hall–Kier alpha value is -0.570. The first-order chi connectivity index (χ1) is 8.65. The van der Waals surface area contributed by atoms with Crippen LogP contribution in [0.2, 0.25) is 0 Å². The van der Waals surface area contributed by atoms with Crippen molar-refractivity contribution in [3.05, 3.63) is 0 Å². The summed E-state index contributed by atoms with van der Waals surface area (Å²) < 4.78 is 0. The summed E-state index contributed by atoms with van der Waals surface area (Å²) in [4.78, 5) is 14.2. The van der Waals surface area contributed by atoms with Gasteiger partial charge >= 0.3 is 0 Å². The Morgan fingerprint density at radius 2 is 1.89 bits per heavy atom. The number of rotatable bonds is 5. The molecular formula is C15H28N2O. The molecule has 3 heteroatoms. The molecule has 0 heterocycles. The summed E-state index contributed by atoms with van der Waals surface area (Å²) in [5.41, 5.74) is 6.11. The maximum absolute atomic E-state index is 12.2. The van der Waals surface area contributed by atoms with Crippen LogP contribution in [-0.4, -0.2) is 30.9 Å². The molecule has 0 aromatic heterocycles. The fraction of sp³-hybridized carbons (Fsp3) is 0.933. The summed E-state index contributed by atoms with van der Waals surface area (Å²) in [5, 5.41) is 0. The molecule has 104 valence electrons. The third-order valence-corrected chi connectivity index (χ3v) is 5.03. The minimum absolute atomic E-state index is 0.247. The monoisotopic (exact) mass is 252 g/mol. The van der Waals surface area contributed by atoms with Crippen LogP contribution in [-0.2, 0) is 4.79 Å². The van der Waals surface area contributed by atoms with E-state index < -0.39 is 0 Å². The molecule has 2 rings (SSSR count). The lowest BCUT2D eigenvalue weighted by molar-refractivity contribution is -0.133. The number of carbonyl (C=O) groups is 1. The topological polar surface area (TPSA) is 46.3 Å². The predicted octanol–water partition coefficient (Wildman–Crippen LogP) is 2.54. The molecule has 2 fully saturated rings. The normalized spacial score (nSPS) is 23.4. The van der Waals surface area contributed by atoms with E-state index in [2.05, 4.69) is 0 Å². The van der Waals surface area contributed by atoms with Gasteiger partial charge in [-0.1, -0.05) is 25.7 Å². The van der Waals surface area contributed by atoms with E-state index in [-0.39, 0.29) is 5.41 Å². The van der Waals surface area contributed by atoms with Crippen LogP contribution in [0.3, 0.4) is 0 Å². The number of hydrogen-bond donors (Lipinski definition) is 1. The van der Waals surface area contributed by atoms with Gasteiger partial charge in [-0.2, -0.15) is 0 Å². The molecule has 0 aromatic rings. The van der Waals surface area contributed by atoms with Gasteiger partial charge in [-0.05, 0) is 38.1 Å². The van der Waals surface area contributed by atoms with Crippen LogP contribution < -0.4 is 5.73 Å². The summed E-state index contributed by atoms with van der Waals surface area (Å²) in [6, 6.07) is 0. The van der Waals surface area contributed by atoms with Crippen LogP contribution >= 0.6 is 0 Å². The average molecular weight is 252 g/mol. The first-order valence-corrected chi connectivity index (χ1v) is 7.59. The molecule has 18 heavy (non-hydrogen) atoms. The minimum atomic E-state index is 0.247. The van der Waals surface area contributed by atoms with Crippen LogP contribution in [0, 0.1) is 11.3 Å². The van der Waals surface area contributed by atoms with Crippen LogP contribution in [0.5, 0.6) is 0 Å². The van der Waals surface area contributed by atoms with Crippen LogP contribution in [0.25, 0.3) is 0 Å². The highest BCUT2D eigenvalue weighted by Gasteiger charge is 2.37. The Kier molecular flexibility index (Phi) is 4.66. The summed E-state index contributed by atoms with van der Waals surface area (Å²) in [7, 11) is 1.96. The van der Waals surface area contributed by atoms with Crippen molar-refractivity contribution in [2.75, 3.05) is 20.1 Å². The van der Waals surface area contributed by atoms with E-state index in [1.165, 1.54) is 51.4 Å². The van der Waals surface area contributed by atoms with Gasteiger partial charge in [0.2, 0.25) is 5.91 Å². The van der Waals surface area contributed by atoms with E-state index in [0.717, 1.165) is 19.5 Å². The van der Waals surface area contributed by atoms with Crippen molar-refractivity contribution in [3.8, 4) is 0 Å². The van der Waals surface area contributed by atoms with Gasteiger partial charge in [-0.15, -0.1) is 0 Å². The molecule has 2 aliphatic carbocycles. The predicted molar refractivity (Wildman–Crippen MR) is 74.2 cm³/mol. The number of carbonyl (C=O) groups excluding carboxylic acids is 1. The van der Waals surface area contributed by atoms with E-state index in [0.29, 0.717) is 11.8 Å². The molecule has 0 saturated heterocycles. The van der Waals surface area contributed by atoms with E-state index in [1.807, 2.05) is 11.9 Å². The van der Waals surface area contributed by atoms with Crippen molar-refractivity contribution in [1.29, 1.82) is 0 Å². The lowest BCUT2D eigenvalue weighted by Gasteiger charge is -2.43. The molecule has 2 N–H and O–H groups in total. The molecular weight excluding hydrogens is 224 g/mol. The van der Waals surface area contributed by atoms with Gasteiger partial charge < -0.3 is 10.6 Å². The second-order valence-electron chi connectivity index (χ2n) is 6.52. The van der Waals surface area contributed by atoms with E-state index >= 15 is 0 Å². The summed E-state index contributed by atoms with van der Waals surface area (Å²) in [6.07, 6.45) is 10.9. The first kappa shape index (κ1) is 13.9. The lowest BCUT2D eigenvalue weighted by atomic mass is 9.68. The second-order valence-corrected chi connectivity index (χ2v) is 6.52. The molecule has 0 aliphatic heterocycles. The standard InChI is InChI=1S/C15H28N2O/c1-17(12-15(11-16)8-5-9-15)14(18)10-13-6-3-2-4-7-13/h13H,2-12,16H2,1H3. The number of hydrogen-bond acceptors (Lipinski definition) is 2. The van der Waals surface area contributed by atoms with Gasteiger partial charge in [-0.25, -0.2) is 0 Å². The highest BCUT2D eigenvalue weighted by Crippen LogP contribution is 2.40. The van der Waals surface area contributed by atoms with Crippen molar-refractivity contribution in [1.82, 2.24) is 4.90 Å². The molecule has 0 unspecified atom stereocenters. The van der Waals surface area contributed by atoms with Gasteiger partial charge in [0.05, 0.1) is 0 Å². The van der Waals surface area contributed by atoms with E-state index in [9.17, 15) is 4.79 Å². The lowest BCUT2D eigenvalue weighted by Crippen LogP contribution is -2.47. The maximum atomic E-state index is 12.2. The van der Waals surface area contributed by atoms with Crippen molar-refractivity contribution in [3.63, 3.8) is 0 Å².